The zero-order valence-electron chi connectivity index (χ0n) is 17.4. The normalized spacial score (nSPS) is 27.2. The Balaban J connectivity index is 1.25. The van der Waals surface area contributed by atoms with E-state index in [9.17, 15) is 21.6 Å². The van der Waals surface area contributed by atoms with Crippen LogP contribution in [-0.2, 0) is 27.8 Å². The zero-order valence-corrected chi connectivity index (χ0v) is 18.2. The lowest BCUT2D eigenvalue weighted by Crippen LogP contribution is -2.47. The molecule has 1 saturated carbocycles. The third-order valence-electron chi connectivity index (χ3n) is 6.83. The van der Waals surface area contributed by atoms with E-state index in [2.05, 4.69) is 10.00 Å². The average Bonchev–Trinajstić information content (AvgIpc) is 3.47. The fraction of sp³-hybridized carbons (Fsp3) is 0.571. The van der Waals surface area contributed by atoms with Crippen molar-refractivity contribution in [3.63, 3.8) is 0 Å². The Morgan fingerprint density at radius 2 is 1.78 bits per heavy atom. The standard InChI is InChI=1S/C21H25F3N4O3S/c22-16-7-18(24)17(23)6-15(16)21-19(25)5-13(11-31-21)27-8-12-9-28(26-20(12)10-27)32(29,30)14-3-1-2-4-14/h6-7,9,13-14,19,21H,1-5,8,10-11,25H2. The summed E-state index contributed by atoms with van der Waals surface area (Å²) in [5.74, 6) is -3.29. The van der Waals surface area contributed by atoms with Crippen LogP contribution in [0.3, 0.4) is 0 Å². The molecule has 32 heavy (non-hydrogen) atoms. The van der Waals surface area contributed by atoms with E-state index in [4.69, 9.17) is 10.5 Å². The lowest BCUT2D eigenvalue weighted by molar-refractivity contribution is -0.0533. The number of rotatable bonds is 4. The van der Waals surface area contributed by atoms with Gasteiger partial charge in [0.2, 0.25) is 0 Å². The van der Waals surface area contributed by atoms with Gasteiger partial charge in [-0.25, -0.2) is 21.6 Å². The molecule has 174 valence electrons. The quantitative estimate of drug-likeness (QED) is 0.691. The number of nitrogens with two attached hydrogens (primary N) is 1. The first kappa shape index (κ1) is 21.9. The van der Waals surface area contributed by atoms with Gasteiger partial charge in [0.1, 0.15) is 11.9 Å². The number of aromatic nitrogens is 2. The van der Waals surface area contributed by atoms with Gasteiger partial charge in [-0.05, 0) is 25.3 Å². The molecule has 7 nitrogen and oxygen atoms in total. The molecule has 3 heterocycles. The van der Waals surface area contributed by atoms with E-state index < -0.39 is 39.6 Å². The Morgan fingerprint density at radius 1 is 1.06 bits per heavy atom. The number of nitrogens with zero attached hydrogens (tertiary/aromatic N) is 3. The van der Waals surface area contributed by atoms with Gasteiger partial charge in [-0.1, -0.05) is 12.8 Å². The van der Waals surface area contributed by atoms with Gasteiger partial charge in [0.25, 0.3) is 10.0 Å². The Morgan fingerprint density at radius 3 is 2.47 bits per heavy atom. The van der Waals surface area contributed by atoms with Crippen LogP contribution in [0.2, 0.25) is 0 Å². The summed E-state index contributed by atoms with van der Waals surface area (Å²) in [5, 5.41) is 3.99. The smallest absolute Gasteiger partial charge is 0.256 e. The Bertz CT molecular complexity index is 1110. The first-order valence-corrected chi connectivity index (χ1v) is 12.3. The van der Waals surface area contributed by atoms with Crippen LogP contribution in [0.15, 0.2) is 18.3 Å². The SMILES string of the molecule is NC1CC(N2Cc3cn(S(=O)(=O)C4CCCC4)nc3C2)COC1c1cc(F)c(F)cc1F. The van der Waals surface area contributed by atoms with Crippen molar-refractivity contribution in [2.75, 3.05) is 6.61 Å². The van der Waals surface area contributed by atoms with Crippen LogP contribution in [0, 0.1) is 17.5 Å². The van der Waals surface area contributed by atoms with Crippen LogP contribution >= 0.6 is 0 Å². The molecular formula is C21H25F3N4O3S. The summed E-state index contributed by atoms with van der Waals surface area (Å²) in [7, 11) is -3.47. The second kappa shape index (κ2) is 8.12. The van der Waals surface area contributed by atoms with Crippen molar-refractivity contribution in [1.82, 2.24) is 14.1 Å². The van der Waals surface area contributed by atoms with Crippen molar-refractivity contribution >= 4 is 10.0 Å². The Hall–Kier alpha value is -1.95. The van der Waals surface area contributed by atoms with Crippen molar-refractivity contribution in [3.8, 4) is 0 Å². The zero-order chi connectivity index (χ0) is 22.6. The van der Waals surface area contributed by atoms with Gasteiger partial charge in [-0.2, -0.15) is 9.19 Å². The molecule has 2 fully saturated rings. The van der Waals surface area contributed by atoms with Gasteiger partial charge in [0.05, 0.1) is 17.6 Å². The van der Waals surface area contributed by atoms with Gasteiger partial charge in [-0.3, -0.25) is 4.90 Å². The number of fused-ring (bicyclic) bond motifs is 1. The van der Waals surface area contributed by atoms with Gasteiger partial charge in [0.15, 0.2) is 11.6 Å². The lowest BCUT2D eigenvalue weighted by Gasteiger charge is -2.38. The number of hydrogen-bond acceptors (Lipinski definition) is 6. The molecule has 1 saturated heterocycles. The summed E-state index contributed by atoms with van der Waals surface area (Å²) < 4.78 is 73.5. The van der Waals surface area contributed by atoms with Gasteiger partial charge >= 0.3 is 0 Å². The van der Waals surface area contributed by atoms with E-state index in [1.54, 1.807) is 6.20 Å². The molecule has 1 aromatic carbocycles. The minimum atomic E-state index is -3.47. The first-order valence-electron chi connectivity index (χ1n) is 10.8. The fourth-order valence-corrected chi connectivity index (χ4v) is 6.78. The summed E-state index contributed by atoms with van der Waals surface area (Å²) >= 11 is 0. The number of benzene rings is 1. The Labute approximate surface area is 184 Å². The van der Waals surface area contributed by atoms with Crippen LogP contribution in [0.5, 0.6) is 0 Å². The largest absolute Gasteiger partial charge is 0.370 e. The van der Waals surface area contributed by atoms with Gasteiger partial charge < -0.3 is 10.5 Å². The van der Waals surface area contributed by atoms with Crippen molar-refractivity contribution in [3.05, 3.63) is 52.6 Å². The lowest BCUT2D eigenvalue weighted by atomic mass is 9.93. The third-order valence-corrected chi connectivity index (χ3v) is 8.85. The highest BCUT2D eigenvalue weighted by Crippen LogP contribution is 2.35. The molecule has 0 radical (unpaired) electrons. The Kier molecular flexibility index (Phi) is 5.55. The van der Waals surface area contributed by atoms with E-state index in [1.807, 2.05) is 0 Å². The minimum Gasteiger partial charge on any atom is -0.370 e. The van der Waals surface area contributed by atoms with Gasteiger partial charge in [-0.15, -0.1) is 0 Å². The predicted octanol–water partition coefficient (Wildman–Crippen LogP) is 2.59. The van der Waals surface area contributed by atoms with E-state index in [1.165, 1.54) is 0 Å². The van der Waals surface area contributed by atoms with Crippen molar-refractivity contribution in [1.29, 1.82) is 0 Å². The molecule has 2 aliphatic heterocycles. The highest BCUT2D eigenvalue weighted by Gasteiger charge is 2.38. The molecule has 1 aromatic heterocycles. The molecule has 1 aliphatic carbocycles. The maximum absolute atomic E-state index is 14.2. The first-order chi connectivity index (χ1) is 15.2. The average molecular weight is 471 g/mol. The van der Waals surface area contributed by atoms with Crippen molar-refractivity contribution in [2.45, 2.75) is 68.6 Å². The van der Waals surface area contributed by atoms with Crippen LogP contribution in [0.4, 0.5) is 13.2 Å². The van der Waals surface area contributed by atoms with Crippen LogP contribution in [0.1, 0.15) is 55.0 Å². The highest BCUT2D eigenvalue weighted by atomic mass is 32.2. The molecule has 3 aliphatic rings. The molecule has 3 unspecified atom stereocenters. The van der Waals surface area contributed by atoms with E-state index in [0.717, 1.165) is 28.6 Å². The van der Waals surface area contributed by atoms with Crippen LogP contribution in [0.25, 0.3) is 0 Å². The monoisotopic (exact) mass is 470 g/mol. The van der Waals surface area contributed by atoms with Crippen molar-refractivity contribution < 1.29 is 26.3 Å². The molecule has 5 rings (SSSR count). The van der Waals surface area contributed by atoms with Crippen LogP contribution in [-0.4, -0.2) is 46.4 Å². The summed E-state index contributed by atoms with van der Waals surface area (Å²) in [6, 6.07) is 0.617. The number of hydrogen-bond donors (Lipinski definition) is 1. The van der Waals surface area contributed by atoms with E-state index in [-0.39, 0.29) is 23.5 Å². The number of ether oxygens (including phenoxy) is 1. The summed E-state index contributed by atoms with van der Waals surface area (Å²) in [6.45, 7) is 1.22. The topological polar surface area (TPSA) is 90.5 Å². The molecule has 0 bridgehead atoms. The highest BCUT2D eigenvalue weighted by molar-refractivity contribution is 7.90. The molecule has 11 heteroatoms. The summed E-state index contributed by atoms with van der Waals surface area (Å²) in [5.41, 5.74) is 7.71. The maximum Gasteiger partial charge on any atom is 0.256 e. The minimum absolute atomic E-state index is 0.0799. The third kappa shape index (κ3) is 3.74. The van der Waals surface area contributed by atoms with Crippen molar-refractivity contribution in [2.24, 2.45) is 5.73 Å². The maximum atomic E-state index is 14.2. The molecule has 0 spiro atoms. The molecule has 3 atom stereocenters. The van der Waals surface area contributed by atoms with Gasteiger partial charge in [0, 0.05) is 48.6 Å². The molecular weight excluding hydrogens is 445 g/mol. The molecule has 2 N–H and O–H groups in total. The molecule has 0 amide bonds. The fourth-order valence-electron chi connectivity index (χ4n) is 5.05. The van der Waals surface area contributed by atoms with E-state index >= 15 is 0 Å². The second-order valence-electron chi connectivity index (χ2n) is 8.93. The van der Waals surface area contributed by atoms with Crippen LogP contribution < -0.4 is 5.73 Å². The predicted molar refractivity (Wildman–Crippen MR) is 109 cm³/mol. The second-order valence-corrected chi connectivity index (χ2v) is 11.0. The molecule has 2 aromatic rings. The summed E-state index contributed by atoms with van der Waals surface area (Å²) in [6.07, 6.45) is 4.41. The number of halogens is 3. The van der Waals surface area contributed by atoms with E-state index in [0.29, 0.717) is 44.1 Å². The summed E-state index contributed by atoms with van der Waals surface area (Å²) in [4.78, 5) is 2.10.